The molecule has 0 saturated carbocycles. The molecule has 13 heavy (non-hydrogen) atoms. The Kier molecular flexibility index (Phi) is 5.71. The Bertz CT molecular complexity index is 155. The van der Waals surface area contributed by atoms with Crippen LogP contribution in [-0.4, -0.2) is 23.7 Å². The SMILES string of the molecule is CC(C)CNC(=O)[C@H](O)CC(C)C. The number of aliphatic hydroxyl groups is 1. The van der Waals surface area contributed by atoms with Crippen LogP contribution in [-0.2, 0) is 4.79 Å². The van der Waals surface area contributed by atoms with Gasteiger partial charge in [0.1, 0.15) is 6.10 Å². The number of aliphatic hydroxyl groups excluding tert-OH is 1. The number of hydrogen-bond acceptors (Lipinski definition) is 2. The fourth-order valence-corrected chi connectivity index (χ4v) is 0.976. The third-order valence-corrected chi connectivity index (χ3v) is 1.68. The topological polar surface area (TPSA) is 49.3 Å². The highest BCUT2D eigenvalue weighted by atomic mass is 16.3. The van der Waals surface area contributed by atoms with E-state index in [0.717, 1.165) is 0 Å². The minimum absolute atomic E-state index is 0.248. The lowest BCUT2D eigenvalue weighted by molar-refractivity contribution is -0.130. The highest BCUT2D eigenvalue weighted by molar-refractivity contribution is 5.80. The average Bonchev–Trinajstić information content (AvgIpc) is 1.98. The minimum atomic E-state index is -0.848. The zero-order chi connectivity index (χ0) is 10.4. The first kappa shape index (κ1) is 12.4. The smallest absolute Gasteiger partial charge is 0.248 e. The Morgan fingerprint density at radius 3 is 2.15 bits per heavy atom. The molecule has 0 heterocycles. The maximum absolute atomic E-state index is 11.2. The normalized spacial score (nSPS) is 13.5. The zero-order valence-corrected chi connectivity index (χ0v) is 9.00. The maximum atomic E-state index is 11.2. The second kappa shape index (κ2) is 5.97. The molecule has 2 N–H and O–H groups in total. The van der Waals surface area contributed by atoms with Crippen molar-refractivity contribution in [2.24, 2.45) is 11.8 Å². The van der Waals surface area contributed by atoms with Crippen molar-refractivity contribution in [2.75, 3.05) is 6.54 Å². The Labute approximate surface area is 80.5 Å². The van der Waals surface area contributed by atoms with E-state index < -0.39 is 6.10 Å². The lowest BCUT2D eigenvalue weighted by Gasteiger charge is -2.14. The zero-order valence-electron chi connectivity index (χ0n) is 9.00. The molecule has 0 aliphatic rings. The number of hydrogen-bond donors (Lipinski definition) is 2. The Balaban J connectivity index is 3.69. The van der Waals surface area contributed by atoms with E-state index in [4.69, 9.17) is 0 Å². The monoisotopic (exact) mass is 187 g/mol. The van der Waals surface area contributed by atoms with Gasteiger partial charge in [-0.05, 0) is 18.3 Å². The summed E-state index contributed by atoms with van der Waals surface area (Å²) in [7, 11) is 0. The highest BCUT2D eigenvalue weighted by Crippen LogP contribution is 2.04. The molecule has 78 valence electrons. The standard InChI is InChI=1S/C10H21NO2/c1-7(2)5-9(12)10(13)11-6-8(3)4/h7-9,12H,5-6H2,1-4H3,(H,11,13)/t9-/m1/s1. The maximum Gasteiger partial charge on any atom is 0.248 e. The second-order valence-corrected chi connectivity index (χ2v) is 4.28. The van der Waals surface area contributed by atoms with Crippen LogP contribution in [0.4, 0.5) is 0 Å². The summed E-state index contributed by atoms with van der Waals surface area (Å²) in [6, 6.07) is 0. The first-order valence-electron chi connectivity index (χ1n) is 4.89. The molecule has 0 saturated heterocycles. The molecule has 0 bridgehead atoms. The van der Waals surface area contributed by atoms with E-state index in [1.54, 1.807) is 0 Å². The summed E-state index contributed by atoms with van der Waals surface area (Å²) in [5.41, 5.74) is 0. The van der Waals surface area contributed by atoms with Crippen molar-refractivity contribution in [3.8, 4) is 0 Å². The van der Waals surface area contributed by atoms with E-state index in [2.05, 4.69) is 5.32 Å². The van der Waals surface area contributed by atoms with E-state index >= 15 is 0 Å². The molecule has 3 heteroatoms. The highest BCUT2D eigenvalue weighted by Gasteiger charge is 2.15. The summed E-state index contributed by atoms with van der Waals surface area (Å²) in [5, 5.41) is 12.1. The van der Waals surface area contributed by atoms with Gasteiger partial charge in [0.05, 0.1) is 0 Å². The third kappa shape index (κ3) is 6.58. The summed E-state index contributed by atoms with van der Waals surface area (Å²) in [4.78, 5) is 11.2. The van der Waals surface area contributed by atoms with E-state index in [-0.39, 0.29) is 5.91 Å². The van der Waals surface area contributed by atoms with Crippen LogP contribution in [0.2, 0.25) is 0 Å². The van der Waals surface area contributed by atoms with Crippen LogP contribution in [0.15, 0.2) is 0 Å². The quantitative estimate of drug-likeness (QED) is 0.678. The molecule has 0 unspecified atom stereocenters. The molecule has 0 aromatic rings. The van der Waals surface area contributed by atoms with Crippen molar-refractivity contribution in [1.82, 2.24) is 5.32 Å². The molecule has 3 nitrogen and oxygen atoms in total. The van der Waals surface area contributed by atoms with Crippen molar-refractivity contribution in [1.29, 1.82) is 0 Å². The molecular formula is C10H21NO2. The Hall–Kier alpha value is -0.570. The van der Waals surface area contributed by atoms with Crippen molar-refractivity contribution in [2.45, 2.75) is 40.2 Å². The molecule has 1 atom stereocenters. The number of amides is 1. The molecule has 0 spiro atoms. The van der Waals surface area contributed by atoms with Crippen LogP contribution in [0.3, 0.4) is 0 Å². The average molecular weight is 187 g/mol. The molecule has 0 radical (unpaired) electrons. The molecule has 0 aromatic carbocycles. The van der Waals surface area contributed by atoms with Gasteiger partial charge in [-0.3, -0.25) is 4.79 Å². The molecule has 0 aliphatic carbocycles. The summed E-state index contributed by atoms with van der Waals surface area (Å²) in [5.74, 6) is 0.525. The van der Waals surface area contributed by atoms with Gasteiger partial charge in [-0.25, -0.2) is 0 Å². The van der Waals surface area contributed by atoms with Gasteiger partial charge >= 0.3 is 0 Å². The van der Waals surface area contributed by atoms with Gasteiger partial charge in [0.2, 0.25) is 5.91 Å². The summed E-state index contributed by atoms with van der Waals surface area (Å²) in [6.07, 6.45) is -0.317. The molecule has 0 aromatic heterocycles. The van der Waals surface area contributed by atoms with Gasteiger partial charge in [0.25, 0.3) is 0 Å². The number of carbonyl (C=O) groups is 1. The van der Waals surface area contributed by atoms with Crippen LogP contribution < -0.4 is 5.32 Å². The minimum Gasteiger partial charge on any atom is -0.383 e. The van der Waals surface area contributed by atoms with Crippen molar-refractivity contribution < 1.29 is 9.90 Å². The largest absolute Gasteiger partial charge is 0.383 e. The lowest BCUT2D eigenvalue weighted by Crippen LogP contribution is -2.37. The van der Waals surface area contributed by atoms with Gasteiger partial charge < -0.3 is 10.4 Å². The molecule has 0 rings (SSSR count). The van der Waals surface area contributed by atoms with Gasteiger partial charge in [-0.1, -0.05) is 27.7 Å². The van der Waals surface area contributed by atoms with E-state index in [1.165, 1.54) is 0 Å². The van der Waals surface area contributed by atoms with Gasteiger partial charge in [0.15, 0.2) is 0 Å². The summed E-state index contributed by atoms with van der Waals surface area (Å²) in [6.45, 7) is 8.65. The summed E-state index contributed by atoms with van der Waals surface area (Å²) >= 11 is 0. The first-order valence-corrected chi connectivity index (χ1v) is 4.89. The predicted molar refractivity (Wildman–Crippen MR) is 53.3 cm³/mol. The van der Waals surface area contributed by atoms with Gasteiger partial charge in [-0.15, -0.1) is 0 Å². The van der Waals surface area contributed by atoms with E-state index in [0.29, 0.717) is 24.8 Å². The lowest BCUT2D eigenvalue weighted by atomic mass is 10.1. The van der Waals surface area contributed by atoms with Crippen molar-refractivity contribution in [3.05, 3.63) is 0 Å². The second-order valence-electron chi connectivity index (χ2n) is 4.28. The Morgan fingerprint density at radius 1 is 1.23 bits per heavy atom. The number of rotatable bonds is 5. The first-order chi connectivity index (χ1) is 5.93. The van der Waals surface area contributed by atoms with Crippen molar-refractivity contribution >= 4 is 5.91 Å². The molecule has 0 aliphatic heterocycles. The number of carbonyl (C=O) groups excluding carboxylic acids is 1. The van der Waals surface area contributed by atoms with Crippen LogP contribution in [0.1, 0.15) is 34.1 Å². The van der Waals surface area contributed by atoms with Crippen molar-refractivity contribution in [3.63, 3.8) is 0 Å². The Morgan fingerprint density at radius 2 is 1.77 bits per heavy atom. The van der Waals surface area contributed by atoms with Crippen LogP contribution in [0.25, 0.3) is 0 Å². The van der Waals surface area contributed by atoms with Crippen LogP contribution >= 0.6 is 0 Å². The third-order valence-electron chi connectivity index (χ3n) is 1.68. The molecule has 1 amide bonds. The predicted octanol–water partition coefficient (Wildman–Crippen LogP) is 1.17. The number of nitrogens with one attached hydrogen (secondary N) is 1. The van der Waals surface area contributed by atoms with E-state index in [9.17, 15) is 9.90 Å². The van der Waals surface area contributed by atoms with E-state index in [1.807, 2.05) is 27.7 Å². The van der Waals surface area contributed by atoms with Gasteiger partial charge in [-0.2, -0.15) is 0 Å². The summed E-state index contributed by atoms with van der Waals surface area (Å²) < 4.78 is 0. The van der Waals surface area contributed by atoms with Crippen LogP contribution in [0, 0.1) is 11.8 Å². The van der Waals surface area contributed by atoms with Gasteiger partial charge in [0, 0.05) is 6.54 Å². The fraction of sp³-hybridized carbons (Fsp3) is 0.900. The van der Waals surface area contributed by atoms with Crippen LogP contribution in [0.5, 0.6) is 0 Å². The molecular weight excluding hydrogens is 166 g/mol. The fourth-order valence-electron chi connectivity index (χ4n) is 0.976. The molecule has 0 fully saturated rings.